The molecule has 2 aromatic heterocycles. The lowest BCUT2D eigenvalue weighted by molar-refractivity contribution is -0.138. The van der Waals surface area contributed by atoms with Gasteiger partial charge in [-0.3, -0.25) is 9.59 Å². The van der Waals surface area contributed by atoms with Gasteiger partial charge in [0.15, 0.2) is 11.5 Å². The Bertz CT molecular complexity index is 2630. The molecule has 0 bridgehead atoms. The van der Waals surface area contributed by atoms with Crippen molar-refractivity contribution >= 4 is 69.5 Å². The van der Waals surface area contributed by atoms with Crippen LogP contribution in [0.25, 0.3) is 0 Å². The minimum absolute atomic E-state index is 0.00919. The van der Waals surface area contributed by atoms with E-state index >= 15 is 0 Å². The van der Waals surface area contributed by atoms with E-state index in [2.05, 4.69) is 51.8 Å². The van der Waals surface area contributed by atoms with E-state index in [1.54, 1.807) is 72.8 Å². The molecule has 0 radical (unpaired) electrons. The lowest BCUT2D eigenvalue weighted by atomic mass is 10.0. The molecule has 8 rings (SSSR count). The van der Waals surface area contributed by atoms with Gasteiger partial charge in [0.2, 0.25) is 23.7 Å². The van der Waals surface area contributed by atoms with Crippen LogP contribution in [0.4, 0.5) is 84.0 Å². The van der Waals surface area contributed by atoms with Gasteiger partial charge in [-0.05, 0) is 78.7 Å². The van der Waals surface area contributed by atoms with Crippen molar-refractivity contribution in [2.75, 3.05) is 52.2 Å². The summed E-state index contributed by atoms with van der Waals surface area (Å²) in [7, 11) is 1.47. The monoisotopic (exact) mass is 904 g/mol. The molecule has 0 spiro atoms. The Kier molecular flexibility index (Phi) is 14.8. The molecule has 340 valence electrons. The number of carbonyl (C=O) groups is 2. The number of carbonyl (C=O) groups excluding carboxylic acids is 2. The Hall–Kier alpha value is -7.84. The Morgan fingerprint density at radius 2 is 1.20 bits per heavy atom. The van der Waals surface area contributed by atoms with Gasteiger partial charge in [0, 0.05) is 72.0 Å². The number of aromatic nitrogens is 4. The van der Waals surface area contributed by atoms with Crippen LogP contribution in [0.5, 0.6) is 17.2 Å². The standard InChI is InChI=1S/C22H19F3N6O2.C20H17F3N4O3.C2H6/c1-12(32)27-14-3-5-15(6-4-14)28-20-17(22(23,24)25)11-26-21(31-20)29-16-7-8-18-13(10-16)2-9-19(33)30-18;1-28-14-4-2-3-12(9-14)25-18-15(20(21,22)23)11-24-19(27-18)26-13-5-6-16-17(10-13)30-8-7-29-16;1-2/h3-8,10-11H,2,9H2,1H3,(H,27,32)(H,30,33)(H2,26,28,29,31);2-6,9-11H,7-8H2,1H3,(H2,24,25,26,27);1-2H3. The highest BCUT2D eigenvalue weighted by Gasteiger charge is 2.36. The van der Waals surface area contributed by atoms with Crippen LogP contribution in [0, 0.1) is 0 Å². The molecule has 65 heavy (non-hydrogen) atoms. The highest BCUT2D eigenvalue weighted by Crippen LogP contribution is 2.38. The van der Waals surface area contributed by atoms with Gasteiger partial charge in [-0.25, -0.2) is 9.97 Å². The third kappa shape index (κ3) is 12.6. The van der Waals surface area contributed by atoms with Crippen LogP contribution in [-0.2, 0) is 28.4 Å². The normalized spacial score (nSPS) is 12.7. The summed E-state index contributed by atoms with van der Waals surface area (Å²) < 4.78 is 97.0. The molecule has 2 aliphatic heterocycles. The fourth-order valence-corrected chi connectivity index (χ4v) is 6.14. The molecule has 4 aromatic carbocycles. The minimum Gasteiger partial charge on any atom is -0.497 e. The quantitative estimate of drug-likeness (QED) is 0.0714. The summed E-state index contributed by atoms with van der Waals surface area (Å²) in [6.45, 7) is 6.23. The lowest BCUT2D eigenvalue weighted by Crippen LogP contribution is -2.18. The number of nitrogens with zero attached hydrogens (tertiary/aromatic N) is 4. The Morgan fingerprint density at radius 3 is 1.80 bits per heavy atom. The molecule has 15 nitrogen and oxygen atoms in total. The van der Waals surface area contributed by atoms with E-state index in [-0.39, 0.29) is 29.5 Å². The van der Waals surface area contributed by atoms with Crippen molar-refractivity contribution in [2.45, 2.75) is 46.0 Å². The number of rotatable bonds is 10. The number of fused-ring (bicyclic) bond motifs is 2. The number of hydrogen-bond acceptors (Lipinski definition) is 13. The predicted molar refractivity (Wildman–Crippen MR) is 233 cm³/mol. The van der Waals surface area contributed by atoms with E-state index in [9.17, 15) is 35.9 Å². The highest BCUT2D eigenvalue weighted by atomic mass is 19.4. The summed E-state index contributed by atoms with van der Waals surface area (Å²) in [6, 6.07) is 23.0. The SMILES string of the molecule is CC.CC(=O)Nc1ccc(Nc2nc(Nc3ccc4c(c3)CCC(=O)N4)ncc2C(F)(F)F)cc1.COc1cccc(Nc2nc(Nc3ccc4c(c3)OCCO4)ncc2C(F)(F)F)c1. The first kappa shape index (κ1) is 46.7. The lowest BCUT2D eigenvalue weighted by Gasteiger charge is -2.19. The largest absolute Gasteiger partial charge is 0.497 e. The van der Waals surface area contributed by atoms with Gasteiger partial charge in [0.1, 0.15) is 41.7 Å². The zero-order valence-electron chi connectivity index (χ0n) is 35.2. The van der Waals surface area contributed by atoms with E-state index in [0.717, 1.165) is 11.8 Å². The van der Waals surface area contributed by atoms with Crippen molar-refractivity contribution in [3.8, 4) is 17.2 Å². The van der Waals surface area contributed by atoms with Crippen LogP contribution in [0.15, 0.2) is 97.3 Å². The van der Waals surface area contributed by atoms with Crippen LogP contribution < -0.4 is 46.1 Å². The second-order valence-electron chi connectivity index (χ2n) is 13.7. The molecule has 2 aliphatic rings. The molecule has 0 atom stereocenters. The maximum absolute atomic E-state index is 13.5. The number of amides is 2. The number of aryl methyl sites for hydroxylation is 1. The van der Waals surface area contributed by atoms with Crippen LogP contribution >= 0.6 is 0 Å². The maximum atomic E-state index is 13.5. The van der Waals surface area contributed by atoms with Crippen molar-refractivity contribution in [1.82, 2.24) is 19.9 Å². The van der Waals surface area contributed by atoms with Gasteiger partial charge >= 0.3 is 12.4 Å². The molecule has 4 heterocycles. The van der Waals surface area contributed by atoms with Crippen LogP contribution in [0.3, 0.4) is 0 Å². The van der Waals surface area contributed by atoms with E-state index in [4.69, 9.17) is 14.2 Å². The Morgan fingerprint density at radius 1 is 0.662 bits per heavy atom. The number of alkyl halides is 6. The van der Waals surface area contributed by atoms with Crippen LogP contribution in [0.2, 0.25) is 0 Å². The molecule has 0 fully saturated rings. The maximum Gasteiger partial charge on any atom is 0.421 e. The first-order chi connectivity index (χ1) is 31.1. The van der Waals surface area contributed by atoms with Gasteiger partial charge in [0.25, 0.3) is 0 Å². The summed E-state index contributed by atoms with van der Waals surface area (Å²) in [4.78, 5) is 38.3. The Balaban J connectivity index is 0.000000208. The van der Waals surface area contributed by atoms with Crippen molar-refractivity contribution in [3.63, 3.8) is 0 Å². The fraction of sp³-hybridized carbons (Fsp3) is 0.227. The summed E-state index contributed by atoms with van der Waals surface area (Å²) in [5.74, 6) is 0.473. The van der Waals surface area contributed by atoms with Gasteiger partial charge in [0.05, 0.1) is 7.11 Å². The number of ether oxygens (including phenoxy) is 3. The first-order valence-electron chi connectivity index (χ1n) is 19.9. The van der Waals surface area contributed by atoms with E-state index in [1.165, 1.54) is 26.2 Å². The molecule has 0 aliphatic carbocycles. The number of halogens is 6. The van der Waals surface area contributed by atoms with E-state index in [1.807, 2.05) is 13.8 Å². The first-order valence-corrected chi connectivity index (χ1v) is 19.9. The van der Waals surface area contributed by atoms with E-state index in [0.29, 0.717) is 83.6 Å². The minimum atomic E-state index is -4.67. The zero-order chi connectivity index (χ0) is 46.7. The van der Waals surface area contributed by atoms with Crippen LogP contribution in [-0.4, -0.2) is 52.1 Å². The Labute approximate surface area is 368 Å². The number of methoxy groups -OCH3 is 1. The third-order valence-corrected chi connectivity index (χ3v) is 9.04. The van der Waals surface area contributed by atoms with Gasteiger partial charge in [-0.1, -0.05) is 19.9 Å². The summed E-state index contributed by atoms with van der Waals surface area (Å²) in [6.07, 6.45) is -6.93. The molecule has 0 saturated carbocycles. The summed E-state index contributed by atoms with van der Waals surface area (Å²) in [5, 5.41) is 16.5. The molecule has 21 heteroatoms. The second kappa shape index (κ2) is 20.6. The number of anilines is 10. The number of benzene rings is 4. The van der Waals surface area contributed by atoms with Crippen molar-refractivity contribution in [1.29, 1.82) is 0 Å². The summed E-state index contributed by atoms with van der Waals surface area (Å²) >= 11 is 0. The van der Waals surface area contributed by atoms with Crippen LogP contribution in [0.1, 0.15) is 43.9 Å². The topological polar surface area (TPSA) is 186 Å². The summed E-state index contributed by atoms with van der Waals surface area (Å²) in [5.41, 5.74) is 1.98. The molecule has 0 unspecified atom stereocenters. The molecular weight excluding hydrogens is 863 g/mol. The molecule has 6 aromatic rings. The molecule has 0 saturated heterocycles. The van der Waals surface area contributed by atoms with Gasteiger partial charge < -0.3 is 46.1 Å². The molecule has 2 amide bonds. The van der Waals surface area contributed by atoms with Crippen molar-refractivity contribution < 1.29 is 50.1 Å². The molecule has 6 N–H and O–H groups in total. The third-order valence-electron chi connectivity index (χ3n) is 9.04. The zero-order valence-corrected chi connectivity index (χ0v) is 35.2. The number of hydrogen-bond donors (Lipinski definition) is 6. The van der Waals surface area contributed by atoms with E-state index < -0.39 is 29.3 Å². The number of nitrogens with one attached hydrogen (secondary N) is 6. The average Bonchev–Trinajstić information content (AvgIpc) is 3.27. The fourth-order valence-electron chi connectivity index (χ4n) is 6.14. The van der Waals surface area contributed by atoms with Gasteiger partial charge in [-0.2, -0.15) is 36.3 Å². The smallest absolute Gasteiger partial charge is 0.421 e. The van der Waals surface area contributed by atoms with Crippen molar-refractivity contribution in [3.05, 3.63) is 114 Å². The van der Waals surface area contributed by atoms with Gasteiger partial charge in [-0.15, -0.1) is 0 Å². The second-order valence-corrected chi connectivity index (χ2v) is 13.7. The predicted octanol–water partition coefficient (Wildman–Crippen LogP) is 10.6. The molecular formula is C44H42F6N10O5. The average molecular weight is 905 g/mol. The van der Waals surface area contributed by atoms with Crippen molar-refractivity contribution in [2.24, 2.45) is 0 Å². The highest BCUT2D eigenvalue weighted by molar-refractivity contribution is 5.94.